The van der Waals surface area contributed by atoms with Gasteiger partial charge < -0.3 is 10.1 Å². The molecular weight excluding hydrogens is 330 g/mol. The second kappa shape index (κ2) is 9.36. The van der Waals surface area contributed by atoms with Crippen molar-refractivity contribution in [1.82, 2.24) is 5.43 Å². The number of anilines is 1. The normalized spacial score (nSPS) is 10.8. The molecule has 2 aromatic rings. The van der Waals surface area contributed by atoms with Crippen LogP contribution in [0.5, 0.6) is 5.75 Å². The lowest BCUT2D eigenvalue weighted by Gasteiger charge is -2.08. The Balaban J connectivity index is 1.89. The van der Waals surface area contributed by atoms with Crippen molar-refractivity contribution >= 4 is 23.7 Å². The fourth-order valence-corrected chi connectivity index (χ4v) is 2.04. The van der Waals surface area contributed by atoms with E-state index in [1.54, 1.807) is 30.5 Å². The van der Waals surface area contributed by atoms with E-state index in [4.69, 9.17) is 4.74 Å². The molecule has 2 amide bonds. The first-order valence-corrected chi connectivity index (χ1v) is 8.46. The van der Waals surface area contributed by atoms with E-state index in [0.717, 1.165) is 11.3 Å². The maximum absolute atomic E-state index is 12.1. The van der Waals surface area contributed by atoms with Gasteiger partial charge in [-0.3, -0.25) is 9.59 Å². The topological polar surface area (TPSA) is 79.8 Å². The fourth-order valence-electron chi connectivity index (χ4n) is 2.04. The van der Waals surface area contributed by atoms with Gasteiger partial charge in [-0.15, -0.1) is 0 Å². The predicted molar refractivity (Wildman–Crippen MR) is 103 cm³/mol. The SMILES string of the molecule is CCOc1ccc(/C=N/NC(=O)c2ccc(NC(=O)C(C)C)cc2)cc1. The van der Waals surface area contributed by atoms with Crippen molar-refractivity contribution in [3.63, 3.8) is 0 Å². The summed E-state index contributed by atoms with van der Waals surface area (Å²) in [4.78, 5) is 23.7. The minimum absolute atomic E-state index is 0.0674. The number of amides is 2. The first-order chi connectivity index (χ1) is 12.5. The van der Waals surface area contributed by atoms with Crippen LogP contribution >= 0.6 is 0 Å². The summed E-state index contributed by atoms with van der Waals surface area (Å²) in [5.41, 5.74) is 4.43. The van der Waals surface area contributed by atoms with E-state index in [9.17, 15) is 9.59 Å². The van der Waals surface area contributed by atoms with Gasteiger partial charge in [0.1, 0.15) is 5.75 Å². The van der Waals surface area contributed by atoms with Crippen molar-refractivity contribution in [2.24, 2.45) is 11.0 Å². The highest BCUT2D eigenvalue weighted by Crippen LogP contribution is 2.12. The van der Waals surface area contributed by atoms with E-state index in [1.165, 1.54) is 0 Å². The van der Waals surface area contributed by atoms with Crippen molar-refractivity contribution in [2.45, 2.75) is 20.8 Å². The Morgan fingerprint density at radius 3 is 2.31 bits per heavy atom. The highest BCUT2D eigenvalue weighted by molar-refractivity contribution is 5.96. The number of carbonyl (C=O) groups excluding carboxylic acids is 2. The highest BCUT2D eigenvalue weighted by atomic mass is 16.5. The molecule has 6 nitrogen and oxygen atoms in total. The Hall–Kier alpha value is -3.15. The van der Waals surface area contributed by atoms with E-state index < -0.39 is 0 Å². The van der Waals surface area contributed by atoms with Gasteiger partial charge in [0.15, 0.2) is 0 Å². The molecule has 0 radical (unpaired) electrons. The zero-order valence-corrected chi connectivity index (χ0v) is 15.2. The van der Waals surface area contributed by atoms with Crippen molar-refractivity contribution in [3.8, 4) is 5.75 Å². The number of ether oxygens (including phenoxy) is 1. The molecule has 0 aliphatic heterocycles. The summed E-state index contributed by atoms with van der Waals surface area (Å²) in [5, 5.41) is 6.73. The molecule has 0 unspecified atom stereocenters. The molecule has 0 aliphatic rings. The molecule has 26 heavy (non-hydrogen) atoms. The highest BCUT2D eigenvalue weighted by Gasteiger charge is 2.08. The third-order valence-electron chi connectivity index (χ3n) is 3.51. The number of nitrogens with one attached hydrogen (secondary N) is 2. The van der Waals surface area contributed by atoms with Gasteiger partial charge in [0.05, 0.1) is 12.8 Å². The molecule has 0 aliphatic carbocycles. The Labute approximate surface area is 153 Å². The predicted octanol–water partition coefficient (Wildman–Crippen LogP) is 3.44. The molecule has 2 N–H and O–H groups in total. The van der Waals surface area contributed by atoms with Gasteiger partial charge in [-0.2, -0.15) is 5.10 Å². The number of hydrogen-bond donors (Lipinski definition) is 2. The number of carbonyl (C=O) groups is 2. The fraction of sp³-hybridized carbons (Fsp3) is 0.250. The zero-order valence-electron chi connectivity index (χ0n) is 15.2. The van der Waals surface area contributed by atoms with Gasteiger partial charge in [-0.25, -0.2) is 5.43 Å². The van der Waals surface area contributed by atoms with Gasteiger partial charge >= 0.3 is 0 Å². The monoisotopic (exact) mass is 353 g/mol. The van der Waals surface area contributed by atoms with Crippen LogP contribution in [0.4, 0.5) is 5.69 Å². The maximum atomic E-state index is 12.1. The summed E-state index contributed by atoms with van der Waals surface area (Å²) in [6, 6.07) is 14.0. The second-order valence-corrected chi connectivity index (χ2v) is 5.92. The van der Waals surface area contributed by atoms with E-state index >= 15 is 0 Å². The van der Waals surface area contributed by atoms with E-state index in [1.807, 2.05) is 45.0 Å². The van der Waals surface area contributed by atoms with Crippen LogP contribution in [0.3, 0.4) is 0 Å². The van der Waals surface area contributed by atoms with Crippen LogP contribution in [0, 0.1) is 5.92 Å². The molecule has 0 fully saturated rings. The Kier molecular flexibility index (Phi) is 6.91. The average molecular weight is 353 g/mol. The van der Waals surface area contributed by atoms with Crippen LogP contribution in [-0.4, -0.2) is 24.6 Å². The number of nitrogens with zero attached hydrogens (tertiary/aromatic N) is 1. The molecule has 136 valence electrons. The van der Waals surface area contributed by atoms with Crippen molar-refractivity contribution in [3.05, 3.63) is 59.7 Å². The Bertz CT molecular complexity index is 766. The van der Waals surface area contributed by atoms with Crippen LogP contribution in [0.25, 0.3) is 0 Å². The summed E-state index contributed by atoms with van der Waals surface area (Å²) >= 11 is 0. The molecule has 0 saturated heterocycles. The first-order valence-electron chi connectivity index (χ1n) is 8.46. The number of hydrazone groups is 1. The van der Waals surface area contributed by atoms with Gasteiger partial charge in [0.25, 0.3) is 5.91 Å². The zero-order chi connectivity index (χ0) is 18.9. The summed E-state index contributed by atoms with van der Waals surface area (Å²) in [6.45, 7) is 6.18. The van der Waals surface area contributed by atoms with E-state index in [2.05, 4.69) is 15.8 Å². The minimum Gasteiger partial charge on any atom is -0.494 e. The van der Waals surface area contributed by atoms with Crippen LogP contribution < -0.4 is 15.5 Å². The molecule has 0 atom stereocenters. The molecular formula is C20H23N3O3. The van der Waals surface area contributed by atoms with Gasteiger partial charge in [0, 0.05) is 17.2 Å². The molecule has 2 rings (SSSR count). The van der Waals surface area contributed by atoms with Crippen LogP contribution in [0.2, 0.25) is 0 Å². The summed E-state index contributed by atoms with van der Waals surface area (Å²) in [5.74, 6) is 0.296. The molecule has 6 heteroatoms. The molecule has 0 saturated carbocycles. The van der Waals surface area contributed by atoms with E-state index in [-0.39, 0.29) is 17.7 Å². The van der Waals surface area contributed by atoms with Gasteiger partial charge in [-0.1, -0.05) is 13.8 Å². The molecule has 0 spiro atoms. The Morgan fingerprint density at radius 1 is 1.08 bits per heavy atom. The standard InChI is InChI=1S/C20H23N3O3/c1-4-26-18-11-5-15(6-12-18)13-21-23-20(25)16-7-9-17(10-8-16)22-19(24)14(2)3/h5-14H,4H2,1-3H3,(H,22,24)(H,23,25)/b21-13+. The minimum atomic E-state index is -0.325. The molecule has 0 heterocycles. The number of benzene rings is 2. The van der Waals surface area contributed by atoms with Crippen LogP contribution in [0.15, 0.2) is 53.6 Å². The quantitative estimate of drug-likeness (QED) is 0.591. The lowest BCUT2D eigenvalue weighted by Crippen LogP contribution is -2.19. The third kappa shape index (κ3) is 5.73. The van der Waals surface area contributed by atoms with E-state index in [0.29, 0.717) is 17.9 Å². The van der Waals surface area contributed by atoms with Gasteiger partial charge in [0.2, 0.25) is 5.91 Å². The van der Waals surface area contributed by atoms with Crippen molar-refractivity contribution < 1.29 is 14.3 Å². The number of rotatable bonds is 7. The summed E-state index contributed by atoms with van der Waals surface area (Å²) < 4.78 is 5.37. The van der Waals surface area contributed by atoms with Gasteiger partial charge in [-0.05, 0) is 61.0 Å². The largest absolute Gasteiger partial charge is 0.494 e. The lowest BCUT2D eigenvalue weighted by atomic mass is 10.1. The third-order valence-corrected chi connectivity index (χ3v) is 3.51. The van der Waals surface area contributed by atoms with Crippen molar-refractivity contribution in [1.29, 1.82) is 0 Å². The summed E-state index contributed by atoms with van der Waals surface area (Å²) in [6.07, 6.45) is 1.56. The molecule has 2 aromatic carbocycles. The first kappa shape index (κ1) is 19.2. The number of hydrogen-bond acceptors (Lipinski definition) is 4. The average Bonchev–Trinajstić information content (AvgIpc) is 2.64. The van der Waals surface area contributed by atoms with Crippen molar-refractivity contribution in [2.75, 3.05) is 11.9 Å². The Morgan fingerprint density at radius 2 is 1.73 bits per heavy atom. The summed E-state index contributed by atoms with van der Waals surface area (Å²) in [7, 11) is 0. The molecule has 0 aromatic heterocycles. The maximum Gasteiger partial charge on any atom is 0.271 e. The second-order valence-electron chi connectivity index (χ2n) is 5.92. The van der Waals surface area contributed by atoms with Crippen LogP contribution in [0.1, 0.15) is 36.7 Å². The lowest BCUT2D eigenvalue weighted by molar-refractivity contribution is -0.118. The molecule has 0 bridgehead atoms. The smallest absolute Gasteiger partial charge is 0.271 e. The van der Waals surface area contributed by atoms with Crippen LogP contribution in [-0.2, 0) is 4.79 Å².